The molecule has 0 unspecified atom stereocenters. The lowest BCUT2D eigenvalue weighted by Gasteiger charge is -2.13. The number of hydrogen-bond donors (Lipinski definition) is 3. The van der Waals surface area contributed by atoms with Gasteiger partial charge >= 0.3 is 6.61 Å². The maximum atomic E-state index is 12.3. The average molecular weight is 281 g/mol. The average Bonchev–Trinajstić information content (AvgIpc) is 2.43. The summed E-state index contributed by atoms with van der Waals surface area (Å²) in [5.41, 5.74) is 3.42. The molecule has 8 heteroatoms. The first-order chi connectivity index (χ1) is 9.60. The van der Waals surface area contributed by atoms with Crippen LogP contribution < -0.4 is 21.3 Å². The molecule has 0 aliphatic rings. The molecule has 1 aromatic carbocycles. The second-order valence-corrected chi connectivity index (χ2v) is 3.87. The van der Waals surface area contributed by atoms with Gasteiger partial charge in [-0.15, -0.1) is 0 Å². The lowest BCUT2D eigenvalue weighted by atomic mass is 10.2. The molecule has 2 aromatic rings. The number of aryl methyl sites for hydroxylation is 1. The Bertz CT molecular complexity index is 594. The van der Waals surface area contributed by atoms with Crippen molar-refractivity contribution in [3.63, 3.8) is 0 Å². The number of hydrogen-bond acceptors (Lipinski definition) is 6. The van der Waals surface area contributed by atoms with E-state index in [1.54, 1.807) is 31.3 Å². The van der Waals surface area contributed by atoms with E-state index >= 15 is 0 Å². The standard InChI is InChI=1S/C12H13F2N5O/c1-7-6-16-12(19-15)18-10(7)17-8-4-2-3-5-9(8)20-11(13)14/h2-6,11H,15H2,1H3,(H2,16,17,18,19). The lowest BCUT2D eigenvalue weighted by Crippen LogP contribution is -2.12. The Morgan fingerprint density at radius 1 is 1.30 bits per heavy atom. The third-order valence-corrected chi connectivity index (χ3v) is 2.46. The van der Waals surface area contributed by atoms with Crippen molar-refractivity contribution in [3.8, 4) is 5.75 Å². The molecule has 0 aliphatic carbocycles. The fraction of sp³-hybridized carbons (Fsp3) is 0.167. The lowest BCUT2D eigenvalue weighted by molar-refractivity contribution is -0.0493. The summed E-state index contributed by atoms with van der Waals surface area (Å²) in [5, 5.41) is 2.92. The molecular formula is C12H13F2N5O. The number of para-hydroxylation sites is 2. The molecule has 0 aliphatic heterocycles. The molecule has 0 fully saturated rings. The van der Waals surface area contributed by atoms with Gasteiger partial charge in [0.05, 0.1) is 5.69 Å². The number of nitrogens with zero attached hydrogens (tertiary/aromatic N) is 2. The molecule has 0 atom stereocenters. The van der Waals surface area contributed by atoms with Gasteiger partial charge in [-0.25, -0.2) is 10.8 Å². The van der Waals surface area contributed by atoms with E-state index in [1.165, 1.54) is 6.07 Å². The van der Waals surface area contributed by atoms with Gasteiger partial charge in [0.15, 0.2) is 0 Å². The van der Waals surface area contributed by atoms with Gasteiger partial charge in [-0.3, -0.25) is 5.43 Å². The minimum atomic E-state index is -2.90. The summed E-state index contributed by atoms with van der Waals surface area (Å²) in [7, 11) is 0. The van der Waals surface area contributed by atoms with E-state index in [0.29, 0.717) is 11.5 Å². The maximum absolute atomic E-state index is 12.3. The van der Waals surface area contributed by atoms with Crippen molar-refractivity contribution >= 4 is 17.5 Å². The highest BCUT2D eigenvalue weighted by Gasteiger charge is 2.11. The molecule has 4 N–H and O–H groups in total. The summed E-state index contributed by atoms with van der Waals surface area (Å²) in [6.45, 7) is -1.12. The number of rotatable bonds is 5. The fourth-order valence-corrected chi connectivity index (χ4v) is 1.53. The first-order valence-electron chi connectivity index (χ1n) is 5.71. The molecular weight excluding hydrogens is 268 g/mol. The zero-order chi connectivity index (χ0) is 14.5. The summed E-state index contributed by atoms with van der Waals surface area (Å²) >= 11 is 0. The van der Waals surface area contributed by atoms with Gasteiger partial charge in [0.1, 0.15) is 11.6 Å². The molecule has 0 amide bonds. The summed E-state index contributed by atoms with van der Waals surface area (Å²) in [6, 6.07) is 6.34. The zero-order valence-electron chi connectivity index (χ0n) is 10.6. The van der Waals surface area contributed by atoms with Crippen molar-refractivity contribution in [2.75, 3.05) is 10.7 Å². The Morgan fingerprint density at radius 2 is 2.05 bits per heavy atom. The first kappa shape index (κ1) is 13.9. The highest BCUT2D eigenvalue weighted by Crippen LogP contribution is 2.29. The summed E-state index contributed by atoms with van der Waals surface area (Å²) in [6.07, 6.45) is 1.56. The number of nitrogen functional groups attached to an aromatic ring is 1. The van der Waals surface area contributed by atoms with E-state index in [-0.39, 0.29) is 11.7 Å². The monoisotopic (exact) mass is 281 g/mol. The Balaban J connectivity index is 2.30. The topological polar surface area (TPSA) is 85.1 Å². The van der Waals surface area contributed by atoms with E-state index < -0.39 is 6.61 Å². The smallest absolute Gasteiger partial charge is 0.387 e. The van der Waals surface area contributed by atoms with E-state index in [0.717, 1.165) is 5.56 Å². The van der Waals surface area contributed by atoms with Crippen LogP contribution in [-0.4, -0.2) is 16.6 Å². The first-order valence-corrected chi connectivity index (χ1v) is 5.71. The third kappa shape index (κ3) is 3.29. The maximum Gasteiger partial charge on any atom is 0.387 e. The van der Waals surface area contributed by atoms with Crippen molar-refractivity contribution in [3.05, 3.63) is 36.0 Å². The molecule has 0 spiro atoms. The van der Waals surface area contributed by atoms with Crippen LogP contribution in [0.1, 0.15) is 5.56 Å². The van der Waals surface area contributed by atoms with Crippen LogP contribution in [0.4, 0.5) is 26.2 Å². The van der Waals surface area contributed by atoms with E-state index in [2.05, 4.69) is 25.4 Å². The summed E-state index contributed by atoms with van der Waals surface area (Å²) < 4.78 is 29.1. The van der Waals surface area contributed by atoms with Crippen LogP contribution in [0.2, 0.25) is 0 Å². The van der Waals surface area contributed by atoms with E-state index in [9.17, 15) is 8.78 Å². The van der Waals surface area contributed by atoms with Gasteiger partial charge in [0.25, 0.3) is 0 Å². The largest absolute Gasteiger partial charge is 0.433 e. The minimum Gasteiger partial charge on any atom is -0.433 e. The van der Waals surface area contributed by atoms with Gasteiger partial charge in [-0.1, -0.05) is 12.1 Å². The third-order valence-electron chi connectivity index (χ3n) is 2.46. The zero-order valence-corrected chi connectivity index (χ0v) is 10.6. The van der Waals surface area contributed by atoms with Gasteiger partial charge in [-0.05, 0) is 19.1 Å². The molecule has 2 rings (SSSR count). The van der Waals surface area contributed by atoms with Crippen LogP contribution in [0, 0.1) is 6.92 Å². The SMILES string of the molecule is Cc1cnc(NN)nc1Nc1ccccc1OC(F)F. The predicted molar refractivity (Wildman–Crippen MR) is 70.9 cm³/mol. The van der Waals surface area contributed by atoms with Crippen LogP contribution in [0.3, 0.4) is 0 Å². The fourth-order valence-electron chi connectivity index (χ4n) is 1.53. The molecule has 0 bridgehead atoms. The summed E-state index contributed by atoms with van der Waals surface area (Å²) in [5.74, 6) is 5.92. The number of nitrogens with two attached hydrogens (primary N) is 1. The van der Waals surface area contributed by atoms with Gasteiger partial charge in [0.2, 0.25) is 5.95 Å². The second kappa shape index (κ2) is 6.11. The number of nitrogens with one attached hydrogen (secondary N) is 2. The van der Waals surface area contributed by atoms with Crippen molar-refractivity contribution in [1.82, 2.24) is 9.97 Å². The van der Waals surface area contributed by atoms with E-state index in [1.807, 2.05) is 0 Å². The molecule has 106 valence electrons. The van der Waals surface area contributed by atoms with Crippen LogP contribution in [-0.2, 0) is 0 Å². The number of benzene rings is 1. The Kier molecular flexibility index (Phi) is 4.26. The molecule has 0 saturated carbocycles. The Morgan fingerprint density at radius 3 is 2.75 bits per heavy atom. The highest BCUT2D eigenvalue weighted by atomic mass is 19.3. The number of anilines is 3. The molecule has 1 aromatic heterocycles. The molecule has 20 heavy (non-hydrogen) atoms. The van der Waals surface area contributed by atoms with Crippen LogP contribution >= 0.6 is 0 Å². The normalized spacial score (nSPS) is 10.4. The second-order valence-electron chi connectivity index (χ2n) is 3.87. The van der Waals surface area contributed by atoms with Crippen molar-refractivity contribution in [2.45, 2.75) is 13.5 Å². The van der Waals surface area contributed by atoms with E-state index in [4.69, 9.17) is 5.84 Å². The molecule has 0 saturated heterocycles. The molecule has 0 radical (unpaired) electrons. The van der Waals surface area contributed by atoms with Crippen LogP contribution in [0.25, 0.3) is 0 Å². The quantitative estimate of drug-likeness (QED) is 0.576. The Hall–Kier alpha value is -2.48. The number of hydrazine groups is 1. The van der Waals surface area contributed by atoms with Gasteiger partial charge in [-0.2, -0.15) is 13.8 Å². The Labute approximate surface area is 114 Å². The number of aromatic nitrogens is 2. The van der Waals surface area contributed by atoms with Crippen molar-refractivity contribution in [2.24, 2.45) is 5.84 Å². The van der Waals surface area contributed by atoms with Crippen molar-refractivity contribution < 1.29 is 13.5 Å². The number of alkyl halides is 2. The molecule has 6 nitrogen and oxygen atoms in total. The van der Waals surface area contributed by atoms with Crippen LogP contribution in [0.5, 0.6) is 5.75 Å². The predicted octanol–water partition coefficient (Wildman–Crippen LogP) is 2.42. The van der Waals surface area contributed by atoms with Crippen LogP contribution in [0.15, 0.2) is 30.5 Å². The van der Waals surface area contributed by atoms with Gasteiger partial charge < -0.3 is 10.1 Å². The number of ether oxygens (including phenoxy) is 1. The minimum absolute atomic E-state index is 0.0303. The summed E-state index contributed by atoms with van der Waals surface area (Å²) in [4.78, 5) is 8.04. The highest BCUT2D eigenvalue weighted by molar-refractivity contribution is 5.66. The van der Waals surface area contributed by atoms with Crippen molar-refractivity contribution in [1.29, 1.82) is 0 Å². The molecule has 1 heterocycles. The van der Waals surface area contributed by atoms with Gasteiger partial charge in [0, 0.05) is 11.8 Å². The number of halogens is 2.